The summed E-state index contributed by atoms with van der Waals surface area (Å²) in [5.41, 5.74) is 0.727. The zero-order chi connectivity index (χ0) is 14.8. The summed E-state index contributed by atoms with van der Waals surface area (Å²) < 4.78 is 14.1. The molecule has 112 valence electrons. The molecule has 0 radical (unpaired) electrons. The Hall–Kier alpha value is -1.53. The summed E-state index contributed by atoms with van der Waals surface area (Å²) in [6.45, 7) is 3.13. The average Bonchev–Trinajstić information content (AvgIpc) is 2.87. The molecule has 2 unspecified atom stereocenters. The van der Waals surface area contributed by atoms with Crippen molar-refractivity contribution in [3.05, 3.63) is 40.6 Å². The van der Waals surface area contributed by atoms with E-state index in [0.717, 1.165) is 23.1 Å². The number of rotatable bonds is 4. The van der Waals surface area contributed by atoms with Crippen LogP contribution in [0.5, 0.6) is 11.5 Å². The number of aliphatic hydroxyl groups is 1. The van der Waals surface area contributed by atoms with Gasteiger partial charge in [0.25, 0.3) is 0 Å². The number of aliphatic hydroxyl groups excluding tert-OH is 1. The third-order valence-electron chi connectivity index (χ3n) is 3.43. The van der Waals surface area contributed by atoms with Crippen LogP contribution in [-0.2, 0) is 6.54 Å². The predicted octanol–water partition coefficient (Wildman–Crippen LogP) is 2.93. The van der Waals surface area contributed by atoms with Crippen molar-refractivity contribution < 1.29 is 14.6 Å². The van der Waals surface area contributed by atoms with Crippen molar-refractivity contribution in [2.75, 3.05) is 6.61 Å². The van der Waals surface area contributed by atoms with Gasteiger partial charge in [-0.15, -0.1) is 0 Å². The highest BCUT2D eigenvalue weighted by Crippen LogP contribution is 2.35. The number of benzene rings is 1. The standard InChI is InChI=1S/C15H17BrN2O3/c1-2-7-18-14(10(16)8-17-18)15(19)13-9-20-11-5-3-4-6-12(11)21-13/h3-6,8,13,15,19H,2,7,9H2,1H3. The second-order valence-electron chi connectivity index (χ2n) is 4.96. The molecule has 2 atom stereocenters. The summed E-state index contributed by atoms with van der Waals surface area (Å²) in [6, 6.07) is 7.47. The molecule has 0 amide bonds. The lowest BCUT2D eigenvalue weighted by molar-refractivity contribution is -0.0157. The zero-order valence-corrected chi connectivity index (χ0v) is 13.3. The number of nitrogens with zero attached hydrogens (tertiary/aromatic N) is 2. The fourth-order valence-electron chi connectivity index (χ4n) is 2.42. The van der Waals surface area contributed by atoms with Gasteiger partial charge in [0.05, 0.1) is 16.4 Å². The minimum absolute atomic E-state index is 0.307. The van der Waals surface area contributed by atoms with Gasteiger partial charge in [0.15, 0.2) is 17.6 Å². The van der Waals surface area contributed by atoms with Crippen LogP contribution < -0.4 is 9.47 Å². The molecule has 5 nitrogen and oxygen atoms in total. The fraction of sp³-hybridized carbons (Fsp3) is 0.400. The van der Waals surface area contributed by atoms with E-state index in [1.807, 2.05) is 24.3 Å². The van der Waals surface area contributed by atoms with Crippen LogP contribution >= 0.6 is 15.9 Å². The van der Waals surface area contributed by atoms with Crippen molar-refractivity contribution >= 4 is 15.9 Å². The molecule has 1 aliphatic heterocycles. The Morgan fingerprint density at radius 3 is 2.95 bits per heavy atom. The Bertz CT molecular complexity index is 629. The molecule has 0 bridgehead atoms. The molecule has 2 aromatic rings. The maximum atomic E-state index is 10.7. The molecule has 1 aromatic heterocycles. The number of ether oxygens (including phenoxy) is 2. The first-order chi connectivity index (χ1) is 10.2. The molecular formula is C15H17BrN2O3. The smallest absolute Gasteiger partial charge is 0.164 e. The van der Waals surface area contributed by atoms with Crippen molar-refractivity contribution in [1.29, 1.82) is 0 Å². The van der Waals surface area contributed by atoms with Gasteiger partial charge in [0, 0.05) is 6.54 Å². The van der Waals surface area contributed by atoms with E-state index < -0.39 is 12.2 Å². The Morgan fingerprint density at radius 1 is 1.43 bits per heavy atom. The molecule has 0 spiro atoms. The van der Waals surface area contributed by atoms with Crippen LogP contribution in [0.25, 0.3) is 0 Å². The summed E-state index contributed by atoms with van der Waals surface area (Å²) in [7, 11) is 0. The highest BCUT2D eigenvalue weighted by Gasteiger charge is 2.32. The quantitative estimate of drug-likeness (QED) is 0.918. The van der Waals surface area contributed by atoms with E-state index in [9.17, 15) is 5.11 Å². The van der Waals surface area contributed by atoms with E-state index in [-0.39, 0.29) is 0 Å². The molecule has 6 heteroatoms. The summed E-state index contributed by atoms with van der Waals surface area (Å²) in [6.07, 6.45) is 1.38. The molecule has 21 heavy (non-hydrogen) atoms. The third-order valence-corrected chi connectivity index (χ3v) is 4.04. The summed E-state index contributed by atoms with van der Waals surface area (Å²) in [5.74, 6) is 1.37. The van der Waals surface area contributed by atoms with Crippen LogP contribution in [0, 0.1) is 0 Å². The van der Waals surface area contributed by atoms with E-state index >= 15 is 0 Å². The minimum atomic E-state index is -0.804. The first kappa shape index (κ1) is 14.4. The number of hydrogen-bond acceptors (Lipinski definition) is 4. The lowest BCUT2D eigenvalue weighted by atomic mass is 10.1. The van der Waals surface area contributed by atoms with Crippen molar-refractivity contribution in [1.82, 2.24) is 9.78 Å². The van der Waals surface area contributed by atoms with Gasteiger partial charge in [0.2, 0.25) is 0 Å². The van der Waals surface area contributed by atoms with E-state index in [1.54, 1.807) is 10.9 Å². The van der Waals surface area contributed by atoms with Gasteiger partial charge >= 0.3 is 0 Å². The highest BCUT2D eigenvalue weighted by molar-refractivity contribution is 9.10. The molecule has 0 fully saturated rings. The van der Waals surface area contributed by atoms with E-state index in [2.05, 4.69) is 28.0 Å². The molecule has 0 saturated carbocycles. The molecule has 3 rings (SSSR count). The first-order valence-electron chi connectivity index (χ1n) is 6.98. The molecular weight excluding hydrogens is 336 g/mol. The van der Waals surface area contributed by atoms with Crippen LogP contribution in [0.1, 0.15) is 25.1 Å². The normalized spacial score (nSPS) is 18.5. The van der Waals surface area contributed by atoms with Crippen LogP contribution in [0.3, 0.4) is 0 Å². The Kier molecular flexibility index (Phi) is 4.17. The number of aromatic nitrogens is 2. The zero-order valence-electron chi connectivity index (χ0n) is 11.7. The third kappa shape index (κ3) is 2.78. The van der Waals surface area contributed by atoms with Crippen LogP contribution in [-0.4, -0.2) is 27.6 Å². The number of aryl methyl sites for hydroxylation is 1. The molecule has 1 N–H and O–H groups in total. The van der Waals surface area contributed by atoms with Gasteiger partial charge in [-0.1, -0.05) is 19.1 Å². The predicted molar refractivity (Wildman–Crippen MR) is 81.5 cm³/mol. The maximum Gasteiger partial charge on any atom is 0.164 e. The Labute approximate surface area is 131 Å². The Balaban J connectivity index is 1.84. The summed E-state index contributed by atoms with van der Waals surface area (Å²) >= 11 is 3.45. The van der Waals surface area contributed by atoms with E-state index in [1.165, 1.54) is 0 Å². The van der Waals surface area contributed by atoms with Crippen LogP contribution in [0.15, 0.2) is 34.9 Å². The van der Waals surface area contributed by atoms with Gasteiger partial charge in [0.1, 0.15) is 12.7 Å². The van der Waals surface area contributed by atoms with Gasteiger partial charge in [-0.05, 0) is 34.5 Å². The number of hydrogen-bond donors (Lipinski definition) is 1. The topological polar surface area (TPSA) is 56.5 Å². The van der Waals surface area contributed by atoms with E-state index in [4.69, 9.17) is 9.47 Å². The molecule has 1 aliphatic rings. The largest absolute Gasteiger partial charge is 0.486 e. The second-order valence-corrected chi connectivity index (χ2v) is 5.81. The van der Waals surface area contributed by atoms with Crippen molar-refractivity contribution in [2.45, 2.75) is 32.1 Å². The van der Waals surface area contributed by atoms with E-state index in [0.29, 0.717) is 18.1 Å². The number of fused-ring (bicyclic) bond motifs is 1. The van der Waals surface area contributed by atoms with Crippen LogP contribution in [0.4, 0.5) is 0 Å². The lowest BCUT2D eigenvalue weighted by Gasteiger charge is -2.30. The maximum absolute atomic E-state index is 10.7. The molecule has 0 saturated heterocycles. The SMILES string of the molecule is CCCn1ncc(Br)c1C(O)C1COc2ccccc2O1. The average molecular weight is 353 g/mol. The van der Waals surface area contributed by atoms with Gasteiger partial charge in [-0.2, -0.15) is 5.10 Å². The van der Waals surface area contributed by atoms with Crippen molar-refractivity contribution in [3.63, 3.8) is 0 Å². The van der Waals surface area contributed by atoms with Gasteiger partial charge in [-0.3, -0.25) is 4.68 Å². The Morgan fingerprint density at radius 2 is 2.19 bits per heavy atom. The summed E-state index contributed by atoms with van der Waals surface area (Å²) in [4.78, 5) is 0. The molecule has 0 aliphatic carbocycles. The number of halogens is 1. The molecule has 2 heterocycles. The lowest BCUT2D eigenvalue weighted by Crippen LogP contribution is -2.36. The van der Waals surface area contributed by atoms with Crippen molar-refractivity contribution in [2.24, 2.45) is 0 Å². The van der Waals surface area contributed by atoms with Crippen LogP contribution in [0.2, 0.25) is 0 Å². The highest BCUT2D eigenvalue weighted by atomic mass is 79.9. The second kappa shape index (κ2) is 6.07. The van der Waals surface area contributed by atoms with Gasteiger partial charge in [-0.25, -0.2) is 0 Å². The number of para-hydroxylation sites is 2. The molecule has 1 aromatic carbocycles. The van der Waals surface area contributed by atoms with Crippen molar-refractivity contribution in [3.8, 4) is 11.5 Å². The fourth-order valence-corrected chi connectivity index (χ4v) is 2.95. The van der Waals surface area contributed by atoms with Gasteiger partial charge < -0.3 is 14.6 Å². The monoisotopic (exact) mass is 352 g/mol. The first-order valence-corrected chi connectivity index (χ1v) is 7.77. The summed E-state index contributed by atoms with van der Waals surface area (Å²) in [5, 5.41) is 14.9. The minimum Gasteiger partial charge on any atom is -0.486 e.